The second-order valence-electron chi connectivity index (χ2n) is 6.83. The van der Waals surface area contributed by atoms with Crippen LogP contribution in [0.25, 0.3) is 10.9 Å². The van der Waals surface area contributed by atoms with E-state index in [4.69, 9.17) is 0 Å². The molecule has 3 aromatic rings. The number of rotatable bonds is 3. The molecule has 6 heteroatoms. The Morgan fingerprint density at radius 3 is 2.54 bits per heavy atom. The zero-order chi connectivity index (χ0) is 18.3. The van der Waals surface area contributed by atoms with Gasteiger partial charge >= 0.3 is 0 Å². The Balaban J connectivity index is 1.86. The molecule has 5 nitrogen and oxygen atoms in total. The van der Waals surface area contributed by atoms with Crippen LogP contribution in [0.4, 0.5) is 5.69 Å². The van der Waals surface area contributed by atoms with E-state index >= 15 is 0 Å². The van der Waals surface area contributed by atoms with Gasteiger partial charge in [0.1, 0.15) is 0 Å². The van der Waals surface area contributed by atoms with Crippen LogP contribution in [0.2, 0.25) is 0 Å². The van der Waals surface area contributed by atoms with Crippen LogP contribution in [0.15, 0.2) is 53.6 Å². The van der Waals surface area contributed by atoms with Gasteiger partial charge in [-0.05, 0) is 49.2 Å². The second kappa shape index (κ2) is 6.45. The largest absolute Gasteiger partial charge is 0.368 e. The summed E-state index contributed by atoms with van der Waals surface area (Å²) >= 11 is 0. The Hall–Kier alpha value is -2.31. The minimum Gasteiger partial charge on any atom is -0.368 e. The lowest BCUT2D eigenvalue weighted by Crippen LogP contribution is -2.43. The van der Waals surface area contributed by atoms with Gasteiger partial charge < -0.3 is 10.2 Å². The summed E-state index contributed by atoms with van der Waals surface area (Å²) in [5.74, 6) is 0. The highest BCUT2D eigenvalue weighted by Crippen LogP contribution is 2.31. The number of benzene rings is 2. The first-order valence-electron chi connectivity index (χ1n) is 8.87. The topological polar surface area (TPSA) is 54.3 Å². The molecule has 26 heavy (non-hydrogen) atoms. The SMILES string of the molecule is Cc1ccc(C)c(S(=O)(=O)n2ccc3c(N4CCNCC4)cccc32)c1. The molecule has 0 radical (unpaired) electrons. The van der Waals surface area contributed by atoms with E-state index in [0.29, 0.717) is 4.90 Å². The van der Waals surface area contributed by atoms with Gasteiger partial charge in [-0.1, -0.05) is 18.2 Å². The molecule has 4 rings (SSSR count). The number of nitrogens with zero attached hydrogens (tertiary/aromatic N) is 2. The van der Waals surface area contributed by atoms with Crippen molar-refractivity contribution in [2.24, 2.45) is 0 Å². The van der Waals surface area contributed by atoms with E-state index < -0.39 is 10.0 Å². The van der Waals surface area contributed by atoms with Crippen molar-refractivity contribution in [2.45, 2.75) is 18.7 Å². The fraction of sp³-hybridized carbons (Fsp3) is 0.300. The van der Waals surface area contributed by atoms with Gasteiger partial charge in [-0.2, -0.15) is 0 Å². The van der Waals surface area contributed by atoms with Gasteiger partial charge in [-0.3, -0.25) is 0 Å². The van der Waals surface area contributed by atoms with Crippen molar-refractivity contribution in [1.82, 2.24) is 9.29 Å². The highest BCUT2D eigenvalue weighted by atomic mass is 32.2. The third kappa shape index (κ3) is 2.79. The lowest BCUT2D eigenvalue weighted by atomic mass is 10.2. The summed E-state index contributed by atoms with van der Waals surface area (Å²) in [4.78, 5) is 2.68. The number of hydrogen-bond donors (Lipinski definition) is 1. The number of aromatic nitrogens is 1. The van der Waals surface area contributed by atoms with Crippen LogP contribution in [0, 0.1) is 13.8 Å². The molecule has 1 aliphatic heterocycles. The van der Waals surface area contributed by atoms with Gasteiger partial charge in [-0.25, -0.2) is 12.4 Å². The fourth-order valence-corrected chi connectivity index (χ4v) is 5.27. The van der Waals surface area contributed by atoms with Crippen LogP contribution in [0.3, 0.4) is 0 Å². The van der Waals surface area contributed by atoms with Crippen LogP contribution < -0.4 is 10.2 Å². The normalized spacial score (nSPS) is 15.5. The van der Waals surface area contributed by atoms with Crippen LogP contribution in [-0.2, 0) is 10.0 Å². The zero-order valence-corrected chi connectivity index (χ0v) is 15.9. The average Bonchev–Trinajstić information content (AvgIpc) is 3.09. The predicted molar refractivity (Wildman–Crippen MR) is 106 cm³/mol. The minimum atomic E-state index is -3.64. The molecule has 1 saturated heterocycles. The molecule has 1 N–H and O–H groups in total. The maximum Gasteiger partial charge on any atom is 0.268 e. The summed E-state index contributed by atoms with van der Waals surface area (Å²) in [7, 11) is -3.64. The molecule has 136 valence electrons. The van der Waals surface area contributed by atoms with Gasteiger partial charge in [0, 0.05) is 43.4 Å². The molecule has 0 saturated carbocycles. The smallest absolute Gasteiger partial charge is 0.268 e. The number of aryl methyl sites for hydroxylation is 2. The van der Waals surface area contributed by atoms with Crippen molar-refractivity contribution in [3.8, 4) is 0 Å². The second-order valence-corrected chi connectivity index (χ2v) is 8.62. The summed E-state index contributed by atoms with van der Waals surface area (Å²) < 4.78 is 28.0. The Kier molecular flexibility index (Phi) is 4.25. The van der Waals surface area contributed by atoms with E-state index in [1.54, 1.807) is 12.3 Å². The number of piperazine rings is 1. The number of hydrogen-bond acceptors (Lipinski definition) is 4. The number of anilines is 1. The first kappa shape index (κ1) is 17.1. The molecular formula is C20H23N3O2S. The van der Waals surface area contributed by atoms with Crippen molar-refractivity contribution >= 4 is 26.6 Å². The van der Waals surface area contributed by atoms with Gasteiger partial charge in [0.25, 0.3) is 10.0 Å². The average molecular weight is 369 g/mol. The van der Waals surface area contributed by atoms with Gasteiger partial charge in [-0.15, -0.1) is 0 Å². The van der Waals surface area contributed by atoms with Crippen molar-refractivity contribution in [3.05, 3.63) is 59.8 Å². The Morgan fingerprint density at radius 2 is 1.77 bits per heavy atom. The standard InChI is InChI=1S/C20H23N3O2S/c1-15-6-7-16(2)20(14-15)26(24,25)23-11-8-17-18(4-3-5-19(17)23)22-12-9-21-10-13-22/h3-8,11,14,21H,9-10,12-13H2,1-2H3. The lowest BCUT2D eigenvalue weighted by molar-refractivity contribution is 0.588. The Labute approximate surface area is 154 Å². The Morgan fingerprint density at radius 1 is 1.00 bits per heavy atom. The fourth-order valence-electron chi connectivity index (χ4n) is 3.61. The highest BCUT2D eigenvalue weighted by Gasteiger charge is 2.23. The summed E-state index contributed by atoms with van der Waals surface area (Å²) in [5, 5.41) is 4.33. The first-order valence-corrected chi connectivity index (χ1v) is 10.3. The maximum atomic E-state index is 13.3. The molecule has 0 spiro atoms. The first-order chi connectivity index (χ1) is 12.5. The van der Waals surface area contributed by atoms with Gasteiger partial charge in [0.2, 0.25) is 0 Å². The van der Waals surface area contributed by atoms with E-state index in [2.05, 4.69) is 16.3 Å². The molecule has 0 amide bonds. The summed E-state index contributed by atoms with van der Waals surface area (Å²) in [6.45, 7) is 7.48. The molecule has 0 atom stereocenters. The third-order valence-electron chi connectivity index (χ3n) is 5.01. The summed E-state index contributed by atoms with van der Waals surface area (Å²) in [5.41, 5.74) is 3.52. The molecule has 1 fully saturated rings. The molecule has 0 unspecified atom stereocenters. The lowest BCUT2D eigenvalue weighted by Gasteiger charge is -2.30. The minimum absolute atomic E-state index is 0.363. The molecule has 1 aromatic heterocycles. The van der Waals surface area contributed by atoms with Crippen LogP contribution in [0.5, 0.6) is 0 Å². The monoisotopic (exact) mass is 369 g/mol. The number of nitrogens with one attached hydrogen (secondary N) is 1. The summed E-state index contributed by atoms with van der Waals surface area (Å²) in [6, 6.07) is 13.3. The van der Waals surface area contributed by atoms with Crippen molar-refractivity contribution in [3.63, 3.8) is 0 Å². The van der Waals surface area contributed by atoms with Crippen molar-refractivity contribution < 1.29 is 8.42 Å². The van der Waals surface area contributed by atoms with E-state index in [0.717, 1.165) is 53.9 Å². The number of fused-ring (bicyclic) bond motifs is 1. The maximum absolute atomic E-state index is 13.3. The zero-order valence-electron chi connectivity index (χ0n) is 15.1. The van der Waals surface area contributed by atoms with Crippen molar-refractivity contribution in [2.75, 3.05) is 31.1 Å². The van der Waals surface area contributed by atoms with E-state index in [9.17, 15) is 8.42 Å². The highest BCUT2D eigenvalue weighted by molar-refractivity contribution is 7.90. The van der Waals surface area contributed by atoms with Crippen LogP contribution in [-0.4, -0.2) is 38.6 Å². The van der Waals surface area contributed by atoms with Crippen LogP contribution in [0.1, 0.15) is 11.1 Å². The molecule has 2 aromatic carbocycles. The predicted octanol–water partition coefficient (Wildman–Crippen LogP) is 2.90. The van der Waals surface area contributed by atoms with E-state index in [1.165, 1.54) is 3.97 Å². The van der Waals surface area contributed by atoms with Gasteiger partial charge in [0.15, 0.2) is 0 Å². The van der Waals surface area contributed by atoms with Gasteiger partial charge in [0.05, 0.1) is 10.4 Å². The van der Waals surface area contributed by atoms with E-state index in [1.807, 2.05) is 44.2 Å². The molecule has 0 aliphatic carbocycles. The molecule has 1 aliphatic rings. The quantitative estimate of drug-likeness (QED) is 0.771. The van der Waals surface area contributed by atoms with Crippen molar-refractivity contribution in [1.29, 1.82) is 0 Å². The van der Waals surface area contributed by atoms with Crippen LogP contribution >= 0.6 is 0 Å². The van der Waals surface area contributed by atoms with E-state index in [-0.39, 0.29) is 0 Å². The Bertz CT molecular complexity index is 1060. The summed E-state index contributed by atoms with van der Waals surface area (Å²) in [6.07, 6.45) is 1.67. The third-order valence-corrected chi connectivity index (χ3v) is 6.84. The molecular weight excluding hydrogens is 346 g/mol. The molecule has 0 bridgehead atoms. The molecule has 2 heterocycles.